The largest absolute Gasteiger partial charge is 0.493 e. The maximum Gasteiger partial charge on any atom is 0.421 e. The molecule has 0 unspecified atom stereocenters. The average molecular weight is 472 g/mol. The number of aromatic nitrogens is 1. The van der Waals surface area contributed by atoms with Gasteiger partial charge in [0, 0.05) is 29.7 Å². The molecule has 2 heterocycles. The molecule has 3 aromatic rings. The Kier molecular flexibility index (Phi) is 5.99. The van der Waals surface area contributed by atoms with E-state index in [1.54, 1.807) is 26.8 Å². The van der Waals surface area contributed by atoms with E-state index in [0.29, 0.717) is 29.2 Å². The van der Waals surface area contributed by atoms with Gasteiger partial charge in [0.05, 0.1) is 23.8 Å². The number of benzene rings is 2. The van der Waals surface area contributed by atoms with Gasteiger partial charge in [-0.05, 0) is 50.6 Å². The summed E-state index contributed by atoms with van der Waals surface area (Å²) in [6.07, 6.45) is -0.837. The van der Waals surface area contributed by atoms with Crippen molar-refractivity contribution < 1.29 is 24.2 Å². The summed E-state index contributed by atoms with van der Waals surface area (Å²) in [7, 11) is 0. The molecule has 1 saturated heterocycles. The van der Waals surface area contributed by atoms with Gasteiger partial charge in [-0.15, -0.1) is 0 Å². The van der Waals surface area contributed by atoms with E-state index in [1.165, 1.54) is 6.07 Å². The zero-order chi connectivity index (χ0) is 23.9. The second-order valence-electron chi connectivity index (χ2n) is 8.87. The number of rotatable bonds is 3. The van der Waals surface area contributed by atoms with Crippen molar-refractivity contribution in [3.05, 3.63) is 47.0 Å². The van der Waals surface area contributed by atoms with Gasteiger partial charge in [0.1, 0.15) is 11.2 Å². The maximum atomic E-state index is 12.8. The molecule has 0 aliphatic carbocycles. The van der Waals surface area contributed by atoms with E-state index in [-0.39, 0.29) is 11.1 Å². The second-order valence-corrected chi connectivity index (χ2v) is 9.28. The Morgan fingerprint density at radius 1 is 1.12 bits per heavy atom. The number of primary amides is 1. The lowest BCUT2D eigenvalue weighted by molar-refractivity contribution is 0.0533. The van der Waals surface area contributed by atoms with Gasteiger partial charge in [-0.1, -0.05) is 23.7 Å². The standard InChI is InChI=1S/C24H26ClN3O5/c1-24(2,3)33-23(31)28-19-13-18(25)16(12-17(19)20(21(26)29)22(28)30)14-4-6-15(7-5-14)27-8-10-32-11-9-27/h4-7,12-13,30H,8-11H2,1-3H3,(H2,26,29). The normalized spacial score (nSPS) is 14.5. The number of carbonyl (C=O) groups is 2. The van der Waals surface area contributed by atoms with Crippen molar-refractivity contribution in [3.8, 4) is 17.0 Å². The van der Waals surface area contributed by atoms with Crippen molar-refractivity contribution in [2.75, 3.05) is 31.2 Å². The molecule has 0 spiro atoms. The molecular formula is C24H26ClN3O5. The predicted molar refractivity (Wildman–Crippen MR) is 127 cm³/mol. The van der Waals surface area contributed by atoms with Gasteiger partial charge >= 0.3 is 6.09 Å². The zero-order valence-electron chi connectivity index (χ0n) is 18.7. The fraction of sp³-hybridized carbons (Fsp3) is 0.333. The van der Waals surface area contributed by atoms with Crippen LogP contribution in [0.15, 0.2) is 36.4 Å². The summed E-state index contributed by atoms with van der Waals surface area (Å²) in [4.78, 5) is 27.2. The summed E-state index contributed by atoms with van der Waals surface area (Å²) < 4.78 is 11.7. The van der Waals surface area contributed by atoms with E-state index in [9.17, 15) is 14.7 Å². The molecule has 1 amide bonds. The van der Waals surface area contributed by atoms with Gasteiger partial charge in [-0.25, -0.2) is 9.36 Å². The Morgan fingerprint density at radius 3 is 2.33 bits per heavy atom. The lowest BCUT2D eigenvalue weighted by atomic mass is 10.0. The minimum atomic E-state index is -0.865. The van der Waals surface area contributed by atoms with Gasteiger partial charge in [0.2, 0.25) is 5.88 Å². The van der Waals surface area contributed by atoms with Crippen molar-refractivity contribution >= 4 is 40.2 Å². The van der Waals surface area contributed by atoms with Crippen LogP contribution in [0.1, 0.15) is 31.1 Å². The summed E-state index contributed by atoms with van der Waals surface area (Å²) in [6, 6.07) is 11.1. The van der Waals surface area contributed by atoms with E-state index < -0.39 is 23.5 Å². The Hall–Kier alpha value is -3.23. The van der Waals surface area contributed by atoms with Crippen LogP contribution < -0.4 is 10.6 Å². The third kappa shape index (κ3) is 4.49. The number of amides is 1. The van der Waals surface area contributed by atoms with Crippen LogP contribution in [0.2, 0.25) is 5.02 Å². The van der Waals surface area contributed by atoms with Crippen LogP contribution in [0.25, 0.3) is 22.0 Å². The first-order valence-corrected chi connectivity index (χ1v) is 11.0. The van der Waals surface area contributed by atoms with E-state index >= 15 is 0 Å². The first-order valence-electron chi connectivity index (χ1n) is 10.6. The smallest absolute Gasteiger partial charge is 0.421 e. The van der Waals surface area contributed by atoms with Crippen molar-refractivity contribution in [3.63, 3.8) is 0 Å². The molecular weight excluding hydrogens is 446 g/mol. The molecule has 3 N–H and O–H groups in total. The molecule has 1 aromatic heterocycles. The third-order valence-electron chi connectivity index (χ3n) is 5.41. The highest BCUT2D eigenvalue weighted by molar-refractivity contribution is 6.34. The summed E-state index contributed by atoms with van der Waals surface area (Å²) in [6.45, 7) is 8.14. The Morgan fingerprint density at radius 2 is 1.76 bits per heavy atom. The monoisotopic (exact) mass is 471 g/mol. The molecule has 1 fully saturated rings. The SMILES string of the molecule is CC(C)(C)OC(=O)n1c(O)c(C(N)=O)c2cc(-c3ccc(N4CCOCC4)cc3)c(Cl)cc21. The van der Waals surface area contributed by atoms with E-state index in [4.69, 9.17) is 26.8 Å². The van der Waals surface area contributed by atoms with Crippen molar-refractivity contribution in [2.24, 2.45) is 5.73 Å². The van der Waals surface area contributed by atoms with Crippen molar-refractivity contribution in [1.29, 1.82) is 0 Å². The van der Waals surface area contributed by atoms with Crippen LogP contribution in [0.3, 0.4) is 0 Å². The minimum Gasteiger partial charge on any atom is -0.493 e. The molecule has 1 aliphatic rings. The van der Waals surface area contributed by atoms with E-state index in [0.717, 1.165) is 28.9 Å². The number of ether oxygens (including phenoxy) is 2. The molecule has 33 heavy (non-hydrogen) atoms. The molecule has 0 radical (unpaired) electrons. The van der Waals surface area contributed by atoms with Crippen LogP contribution in [-0.4, -0.2) is 53.6 Å². The second kappa shape index (κ2) is 8.61. The number of carbonyl (C=O) groups excluding carboxylic acids is 2. The fourth-order valence-corrected chi connectivity index (χ4v) is 4.19. The fourth-order valence-electron chi connectivity index (χ4n) is 3.92. The number of morpholine rings is 1. The summed E-state index contributed by atoms with van der Waals surface area (Å²) in [5, 5.41) is 11.3. The lowest BCUT2D eigenvalue weighted by Crippen LogP contribution is -2.36. The van der Waals surface area contributed by atoms with Gasteiger partial charge in [-0.2, -0.15) is 0 Å². The van der Waals surface area contributed by atoms with Gasteiger partial charge in [0.25, 0.3) is 5.91 Å². The van der Waals surface area contributed by atoms with Crippen molar-refractivity contribution in [2.45, 2.75) is 26.4 Å². The molecule has 0 bridgehead atoms. The maximum absolute atomic E-state index is 12.8. The van der Waals surface area contributed by atoms with Crippen LogP contribution in [0.5, 0.6) is 5.88 Å². The highest BCUT2D eigenvalue weighted by Crippen LogP contribution is 2.39. The number of nitrogens with zero attached hydrogens (tertiary/aromatic N) is 2. The highest BCUT2D eigenvalue weighted by Gasteiger charge is 2.28. The van der Waals surface area contributed by atoms with Gasteiger partial charge in [-0.3, -0.25) is 4.79 Å². The number of fused-ring (bicyclic) bond motifs is 1. The minimum absolute atomic E-state index is 0.168. The average Bonchev–Trinajstić information content (AvgIpc) is 3.03. The third-order valence-corrected chi connectivity index (χ3v) is 5.72. The van der Waals surface area contributed by atoms with Gasteiger partial charge < -0.3 is 25.2 Å². The van der Waals surface area contributed by atoms with E-state index in [1.807, 2.05) is 24.3 Å². The number of halogens is 1. The van der Waals surface area contributed by atoms with Crippen LogP contribution in [0, 0.1) is 0 Å². The zero-order valence-corrected chi connectivity index (χ0v) is 19.5. The molecule has 0 atom stereocenters. The van der Waals surface area contributed by atoms with Crippen molar-refractivity contribution in [1.82, 2.24) is 4.57 Å². The van der Waals surface area contributed by atoms with Crippen LogP contribution in [-0.2, 0) is 9.47 Å². The summed E-state index contributed by atoms with van der Waals surface area (Å²) in [5.41, 5.74) is 7.33. The number of hydrogen-bond donors (Lipinski definition) is 2. The highest BCUT2D eigenvalue weighted by atomic mass is 35.5. The van der Waals surface area contributed by atoms with Crippen LogP contribution >= 0.6 is 11.6 Å². The lowest BCUT2D eigenvalue weighted by Gasteiger charge is -2.29. The first-order chi connectivity index (χ1) is 15.6. The Balaban J connectivity index is 1.80. The molecule has 0 saturated carbocycles. The molecule has 4 rings (SSSR count). The topological polar surface area (TPSA) is 107 Å². The molecule has 2 aromatic carbocycles. The van der Waals surface area contributed by atoms with Crippen LogP contribution in [0.4, 0.5) is 10.5 Å². The Labute approximate surface area is 196 Å². The number of anilines is 1. The summed E-state index contributed by atoms with van der Waals surface area (Å²) >= 11 is 6.59. The van der Waals surface area contributed by atoms with Gasteiger partial charge in [0.15, 0.2) is 0 Å². The summed E-state index contributed by atoms with van der Waals surface area (Å²) in [5.74, 6) is -1.45. The number of aromatic hydroxyl groups is 1. The molecule has 174 valence electrons. The number of hydrogen-bond acceptors (Lipinski definition) is 6. The number of nitrogens with two attached hydrogens (primary N) is 1. The molecule has 8 nitrogen and oxygen atoms in total. The Bertz CT molecular complexity index is 1220. The molecule has 1 aliphatic heterocycles. The molecule has 9 heteroatoms. The van der Waals surface area contributed by atoms with E-state index in [2.05, 4.69) is 4.90 Å². The first kappa shape index (κ1) is 22.9. The quantitative estimate of drug-likeness (QED) is 0.586. The predicted octanol–water partition coefficient (Wildman–Crippen LogP) is 4.39.